The number of piperidine rings is 3. The molecule has 4 aromatic rings. The number of aromatic nitrogens is 1. The summed E-state index contributed by atoms with van der Waals surface area (Å²) in [5.41, 5.74) is 1.71. The first-order valence-electron chi connectivity index (χ1n) is 16.1. The number of methoxy groups -OCH3 is 2. The normalized spacial score (nSPS) is 18.6. The second kappa shape index (κ2) is 15.6. The van der Waals surface area contributed by atoms with E-state index in [1.165, 1.54) is 14.2 Å². The smallest absolute Gasteiger partial charge is 0.415 e. The lowest BCUT2D eigenvalue weighted by molar-refractivity contribution is -0.377. The minimum atomic E-state index is -0.827. The number of pyridine rings is 1. The van der Waals surface area contributed by atoms with Crippen molar-refractivity contribution in [3.05, 3.63) is 117 Å². The van der Waals surface area contributed by atoms with E-state index in [2.05, 4.69) is 9.88 Å². The summed E-state index contributed by atoms with van der Waals surface area (Å²) in [7, 11) is 3.03. The molecule has 0 aliphatic carbocycles. The van der Waals surface area contributed by atoms with Gasteiger partial charge in [-0.3, -0.25) is 9.80 Å². The topological polar surface area (TPSA) is 91.7 Å². The molecule has 7 rings (SSSR count). The molecule has 1 N–H and O–H groups in total. The number of carbonyl (C=O) groups is 2. The Hall–Kier alpha value is -4.45. The lowest BCUT2D eigenvalue weighted by Gasteiger charge is -2.44. The Labute approximate surface area is 298 Å². The third kappa shape index (κ3) is 7.96. The molecule has 262 valence electrons. The van der Waals surface area contributed by atoms with Crippen LogP contribution in [0.15, 0.2) is 73.1 Å². The second-order valence-electron chi connectivity index (χ2n) is 12.3. The van der Waals surface area contributed by atoms with Crippen molar-refractivity contribution in [3.8, 4) is 11.5 Å². The highest BCUT2D eigenvalue weighted by molar-refractivity contribution is 6.35. The summed E-state index contributed by atoms with van der Waals surface area (Å²) < 4.78 is 52.1. The number of hydrogen-bond donors (Lipinski definition) is 0. The van der Waals surface area contributed by atoms with Gasteiger partial charge in [-0.2, -0.15) is 0 Å². The van der Waals surface area contributed by atoms with Crippen molar-refractivity contribution in [2.45, 2.75) is 38.0 Å². The van der Waals surface area contributed by atoms with Gasteiger partial charge in [-0.05, 0) is 79.4 Å². The lowest BCUT2D eigenvalue weighted by Crippen LogP contribution is -2.53. The first-order valence-corrected chi connectivity index (χ1v) is 16.9. The van der Waals surface area contributed by atoms with Crippen LogP contribution >= 0.6 is 23.2 Å². The molecule has 4 heterocycles. The fourth-order valence-corrected chi connectivity index (χ4v) is 6.97. The Kier molecular flexibility index (Phi) is 11.1. The molecule has 13 heteroatoms. The van der Waals surface area contributed by atoms with Crippen molar-refractivity contribution in [1.82, 2.24) is 4.90 Å². The zero-order chi connectivity index (χ0) is 35.4. The number of ether oxygens (including phenoxy) is 4. The van der Waals surface area contributed by atoms with Crippen LogP contribution in [0.25, 0.3) is 0 Å². The minimum Gasteiger partial charge on any atom is -0.493 e. The van der Waals surface area contributed by atoms with Gasteiger partial charge >= 0.3 is 12.1 Å². The van der Waals surface area contributed by atoms with E-state index in [1.807, 2.05) is 0 Å². The summed E-state index contributed by atoms with van der Waals surface area (Å²) >= 11 is 12.9. The number of amides is 1. The van der Waals surface area contributed by atoms with Crippen LogP contribution in [-0.2, 0) is 22.4 Å². The molecule has 2 atom stereocenters. The van der Waals surface area contributed by atoms with Gasteiger partial charge in [0.25, 0.3) is 0 Å². The zero-order valence-corrected chi connectivity index (χ0v) is 29.0. The van der Waals surface area contributed by atoms with Crippen molar-refractivity contribution in [1.29, 1.82) is 0 Å². The quantitative estimate of drug-likeness (QED) is 0.148. The average Bonchev–Trinajstić information content (AvgIpc) is 3.13. The maximum atomic E-state index is 15.0. The number of nitrogens with one attached hydrogen (secondary N) is 1. The first-order chi connectivity index (χ1) is 24.1. The second-order valence-corrected chi connectivity index (χ2v) is 13.1. The van der Waals surface area contributed by atoms with E-state index in [0.29, 0.717) is 44.8 Å². The SMILES string of the molecule is COc1ccc([C@H](Cc2c(Cl)c[nH+]cc2Cl)OC(=O)c2ccc(CN(C(=O)O[C@H]3CN4CCC3CC4)c3cc(F)ccc3F)cc2)cc1OC. The van der Waals surface area contributed by atoms with Crippen LogP contribution in [0.1, 0.15) is 46.0 Å². The van der Waals surface area contributed by atoms with Crippen LogP contribution < -0.4 is 19.4 Å². The predicted octanol–water partition coefficient (Wildman–Crippen LogP) is 7.48. The number of benzene rings is 3. The van der Waals surface area contributed by atoms with Gasteiger partial charge in [-0.1, -0.05) is 41.4 Å². The molecule has 3 aliphatic heterocycles. The highest BCUT2D eigenvalue weighted by Crippen LogP contribution is 2.36. The molecule has 1 amide bonds. The predicted molar refractivity (Wildman–Crippen MR) is 183 cm³/mol. The Balaban J connectivity index is 1.22. The standard InChI is InChI=1S/C37H35Cl2F2N3O6/c1-47-32-10-7-25(15-34(32)48-2)33(17-27-28(38)18-42-19-29(27)39)49-36(45)24-5-3-22(4-6-24)20-44(31-16-26(40)8-9-30(31)41)37(46)50-35-21-43-13-11-23(35)12-14-43/h3-10,15-16,18-19,23,33,35H,11-14,17,20-21H2,1-2H3/p+1/t33-,35-/m0/s1. The molecule has 9 nitrogen and oxygen atoms in total. The molecular formula is C37H36Cl2F2N3O6+. The van der Waals surface area contributed by atoms with Gasteiger partial charge in [0.1, 0.15) is 33.9 Å². The molecule has 50 heavy (non-hydrogen) atoms. The monoisotopic (exact) mass is 726 g/mol. The van der Waals surface area contributed by atoms with E-state index < -0.39 is 29.8 Å². The largest absolute Gasteiger partial charge is 0.493 e. The van der Waals surface area contributed by atoms with Crippen LogP contribution in [0.5, 0.6) is 11.5 Å². The molecule has 1 aromatic heterocycles. The number of halogens is 4. The average molecular weight is 728 g/mol. The fourth-order valence-electron chi connectivity index (χ4n) is 6.44. The Morgan fingerprint density at radius 2 is 1.64 bits per heavy atom. The summed E-state index contributed by atoms with van der Waals surface area (Å²) in [5, 5.41) is 0.740. The molecule has 0 spiro atoms. The maximum Gasteiger partial charge on any atom is 0.415 e. The van der Waals surface area contributed by atoms with E-state index in [0.717, 1.165) is 49.0 Å². The molecule has 0 radical (unpaired) electrons. The molecule has 3 aromatic carbocycles. The van der Waals surface area contributed by atoms with Crippen LogP contribution in [-0.4, -0.2) is 56.9 Å². The molecule has 3 fully saturated rings. The van der Waals surface area contributed by atoms with Crippen molar-refractivity contribution in [2.75, 3.05) is 38.8 Å². The van der Waals surface area contributed by atoms with Crippen LogP contribution in [0.4, 0.5) is 19.3 Å². The Morgan fingerprint density at radius 1 is 0.940 bits per heavy atom. The number of nitrogens with zero attached hydrogens (tertiary/aromatic N) is 2. The number of rotatable bonds is 11. The van der Waals surface area contributed by atoms with Gasteiger partial charge in [0, 0.05) is 24.6 Å². The third-order valence-electron chi connectivity index (χ3n) is 9.21. The molecule has 3 aliphatic rings. The summed E-state index contributed by atoms with van der Waals surface area (Å²) in [4.78, 5) is 33.3. The van der Waals surface area contributed by atoms with Gasteiger partial charge in [0.15, 0.2) is 23.9 Å². The molecule has 0 saturated carbocycles. The van der Waals surface area contributed by atoms with E-state index in [1.54, 1.807) is 54.9 Å². The van der Waals surface area contributed by atoms with Gasteiger partial charge in [-0.25, -0.2) is 23.4 Å². The van der Waals surface area contributed by atoms with E-state index in [4.69, 9.17) is 42.1 Å². The number of fused-ring (bicyclic) bond motifs is 3. The van der Waals surface area contributed by atoms with Crippen molar-refractivity contribution >= 4 is 41.0 Å². The summed E-state index contributed by atoms with van der Waals surface area (Å²) in [6.45, 7) is 2.39. The van der Waals surface area contributed by atoms with Crippen LogP contribution in [0.3, 0.4) is 0 Å². The number of aromatic amines is 1. The Bertz CT molecular complexity index is 1840. The minimum absolute atomic E-state index is 0.133. The summed E-state index contributed by atoms with van der Waals surface area (Å²) in [6, 6.07) is 14.4. The van der Waals surface area contributed by atoms with Crippen LogP contribution in [0.2, 0.25) is 10.0 Å². The van der Waals surface area contributed by atoms with E-state index in [9.17, 15) is 14.0 Å². The highest BCUT2D eigenvalue weighted by Gasteiger charge is 2.38. The number of esters is 1. The van der Waals surface area contributed by atoms with Gasteiger partial charge in [-0.15, -0.1) is 0 Å². The van der Waals surface area contributed by atoms with E-state index >= 15 is 4.39 Å². The van der Waals surface area contributed by atoms with Crippen molar-refractivity contribution in [3.63, 3.8) is 0 Å². The number of H-pyrrole nitrogens is 1. The molecule has 2 bridgehead atoms. The number of carbonyl (C=O) groups excluding carboxylic acids is 2. The molecule has 3 saturated heterocycles. The van der Waals surface area contributed by atoms with Crippen molar-refractivity contribution < 1.29 is 42.3 Å². The number of hydrogen-bond acceptors (Lipinski definition) is 7. The fraction of sp³-hybridized carbons (Fsp3) is 0.324. The van der Waals surface area contributed by atoms with Gasteiger partial charge < -0.3 is 18.9 Å². The highest BCUT2D eigenvalue weighted by atomic mass is 35.5. The van der Waals surface area contributed by atoms with Gasteiger partial charge in [0.2, 0.25) is 0 Å². The first kappa shape index (κ1) is 35.4. The number of anilines is 1. The molecular weight excluding hydrogens is 691 g/mol. The van der Waals surface area contributed by atoms with Crippen molar-refractivity contribution in [2.24, 2.45) is 5.92 Å². The van der Waals surface area contributed by atoms with Gasteiger partial charge in [0.05, 0.1) is 32.0 Å². The third-order valence-corrected chi connectivity index (χ3v) is 9.89. The lowest BCUT2D eigenvalue weighted by atomic mass is 9.86. The van der Waals surface area contributed by atoms with Crippen LogP contribution in [0, 0.1) is 17.6 Å². The Morgan fingerprint density at radius 3 is 2.28 bits per heavy atom. The molecule has 0 unspecified atom stereocenters. The summed E-state index contributed by atoms with van der Waals surface area (Å²) in [5.74, 6) is -0.928. The van der Waals surface area contributed by atoms with E-state index in [-0.39, 0.29) is 36.2 Å². The maximum absolute atomic E-state index is 15.0. The zero-order valence-electron chi connectivity index (χ0n) is 27.5. The summed E-state index contributed by atoms with van der Waals surface area (Å²) in [6.07, 6.45) is 3.22.